The van der Waals surface area contributed by atoms with E-state index in [1.807, 2.05) is 25.1 Å². The Balaban J connectivity index is 2.25. The molecule has 0 aliphatic heterocycles. The summed E-state index contributed by atoms with van der Waals surface area (Å²) in [5.41, 5.74) is 2.62. The van der Waals surface area contributed by atoms with Gasteiger partial charge in [0.2, 0.25) is 0 Å². The molecule has 0 saturated heterocycles. The van der Waals surface area contributed by atoms with Crippen LogP contribution in [-0.2, 0) is 0 Å². The molecule has 0 heterocycles. The Morgan fingerprint density at radius 2 is 1.70 bits per heavy atom. The van der Waals surface area contributed by atoms with Crippen molar-refractivity contribution in [1.29, 1.82) is 0 Å². The first kappa shape index (κ1) is 15.0. The summed E-state index contributed by atoms with van der Waals surface area (Å²) in [6.07, 6.45) is 0. The van der Waals surface area contributed by atoms with Gasteiger partial charge in [0.25, 0.3) is 0 Å². The Morgan fingerprint density at radius 3 is 2.35 bits per heavy atom. The number of aryl methyl sites for hydroxylation is 2. The second-order valence-electron chi connectivity index (χ2n) is 4.95. The zero-order valence-corrected chi connectivity index (χ0v) is 13.2. The van der Waals surface area contributed by atoms with Gasteiger partial charge in [-0.3, -0.25) is 0 Å². The molecule has 1 nitrogen and oxygen atoms in total. The van der Waals surface area contributed by atoms with E-state index in [0.29, 0.717) is 11.1 Å². The maximum Gasteiger partial charge on any atom is 0.128 e. The number of benzene rings is 2. The van der Waals surface area contributed by atoms with Crippen molar-refractivity contribution in [1.82, 2.24) is 0 Å². The van der Waals surface area contributed by atoms with Crippen molar-refractivity contribution in [2.45, 2.75) is 26.8 Å². The molecule has 0 aliphatic rings. The van der Waals surface area contributed by atoms with E-state index in [4.69, 9.17) is 0 Å². The van der Waals surface area contributed by atoms with Gasteiger partial charge in [0.1, 0.15) is 11.6 Å². The summed E-state index contributed by atoms with van der Waals surface area (Å²) in [5, 5.41) is 3.18. The fourth-order valence-corrected chi connectivity index (χ4v) is 2.38. The molecule has 0 spiro atoms. The molecule has 1 N–H and O–H groups in total. The van der Waals surface area contributed by atoms with Crippen molar-refractivity contribution in [2.24, 2.45) is 0 Å². The lowest BCUT2D eigenvalue weighted by Gasteiger charge is -2.17. The summed E-state index contributed by atoms with van der Waals surface area (Å²) < 4.78 is 28.5. The van der Waals surface area contributed by atoms with Gasteiger partial charge in [-0.25, -0.2) is 8.78 Å². The normalized spacial score (nSPS) is 12.3. The Kier molecular flexibility index (Phi) is 4.43. The van der Waals surface area contributed by atoms with Gasteiger partial charge in [0.05, 0.1) is 6.04 Å². The molecule has 0 aromatic heterocycles. The van der Waals surface area contributed by atoms with Crippen LogP contribution in [0.15, 0.2) is 34.8 Å². The van der Waals surface area contributed by atoms with Crippen LogP contribution in [0.1, 0.15) is 29.7 Å². The largest absolute Gasteiger partial charge is 0.378 e. The van der Waals surface area contributed by atoms with Gasteiger partial charge in [-0.05, 0) is 56.2 Å². The smallest absolute Gasteiger partial charge is 0.128 e. The predicted octanol–water partition coefficient (Wildman–Crippen LogP) is 5.52. The molecule has 1 atom stereocenters. The number of anilines is 1. The van der Waals surface area contributed by atoms with Crippen LogP contribution in [0.3, 0.4) is 0 Å². The van der Waals surface area contributed by atoms with E-state index < -0.39 is 5.82 Å². The summed E-state index contributed by atoms with van der Waals surface area (Å²) in [7, 11) is 0. The highest BCUT2D eigenvalue weighted by atomic mass is 79.9. The van der Waals surface area contributed by atoms with Crippen molar-refractivity contribution in [3.63, 3.8) is 0 Å². The van der Waals surface area contributed by atoms with Crippen LogP contribution in [0, 0.1) is 25.5 Å². The van der Waals surface area contributed by atoms with Crippen LogP contribution < -0.4 is 5.32 Å². The second-order valence-corrected chi connectivity index (χ2v) is 5.81. The number of hydrogen-bond acceptors (Lipinski definition) is 1. The van der Waals surface area contributed by atoms with Crippen LogP contribution in [-0.4, -0.2) is 0 Å². The van der Waals surface area contributed by atoms with Gasteiger partial charge in [0.15, 0.2) is 0 Å². The molecule has 0 radical (unpaired) electrons. The van der Waals surface area contributed by atoms with E-state index in [1.165, 1.54) is 12.1 Å². The Hall–Kier alpha value is -1.42. The van der Waals surface area contributed by atoms with Crippen molar-refractivity contribution >= 4 is 21.6 Å². The summed E-state index contributed by atoms with van der Waals surface area (Å²) >= 11 is 3.45. The lowest BCUT2D eigenvalue weighted by atomic mass is 10.0. The van der Waals surface area contributed by atoms with E-state index in [0.717, 1.165) is 15.7 Å². The van der Waals surface area contributed by atoms with Gasteiger partial charge in [0, 0.05) is 15.7 Å². The van der Waals surface area contributed by atoms with E-state index in [9.17, 15) is 8.78 Å². The topological polar surface area (TPSA) is 12.0 Å². The maximum absolute atomic E-state index is 13.9. The van der Waals surface area contributed by atoms with Crippen LogP contribution >= 0.6 is 15.9 Å². The number of hydrogen-bond donors (Lipinski definition) is 1. The molecule has 2 rings (SSSR count). The first-order valence-electron chi connectivity index (χ1n) is 6.36. The standard InChI is InChI=1S/C16H16BrF2N/c1-9-4-5-12(7-14(9)17)20-11(3)13-8-15(18)10(2)6-16(13)19/h4-8,11,20H,1-3H3. The molecule has 0 aliphatic carbocycles. The third-order valence-corrected chi connectivity index (χ3v) is 4.15. The monoisotopic (exact) mass is 339 g/mol. The number of rotatable bonds is 3. The molecular weight excluding hydrogens is 324 g/mol. The molecule has 0 amide bonds. The highest BCUT2D eigenvalue weighted by molar-refractivity contribution is 9.10. The van der Waals surface area contributed by atoms with E-state index in [-0.39, 0.29) is 11.9 Å². The number of halogens is 3. The van der Waals surface area contributed by atoms with E-state index >= 15 is 0 Å². The molecule has 2 aromatic rings. The van der Waals surface area contributed by atoms with E-state index in [1.54, 1.807) is 13.8 Å². The molecule has 106 valence electrons. The lowest BCUT2D eigenvalue weighted by molar-refractivity contribution is 0.571. The second kappa shape index (κ2) is 5.92. The van der Waals surface area contributed by atoms with Crippen LogP contribution in [0.2, 0.25) is 0 Å². The predicted molar refractivity (Wildman–Crippen MR) is 82.0 cm³/mol. The minimum Gasteiger partial charge on any atom is -0.378 e. The molecule has 20 heavy (non-hydrogen) atoms. The van der Waals surface area contributed by atoms with Crippen LogP contribution in [0.5, 0.6) is 0 Å². The summed E-state index contributed by atoms with van der Waals surface area (Å²) in [6.45, 7) is 5.35. The minimum atomic E-state index is -0.393. The fraction of sp³-hybridized carbons (Fsp3) is 0.250. The molecule has 2 aromatic carbocycles. The SMILES string of the molecule is Cc1cc(F)c(C(C)Nc2ccc(C)c(Br)c2)cc1F. The summed E-state index contributed by atoms with van der Waals surface area (Å²) in [6, 6.07) is 7.97. The third kappa shape index (κ3) is 3.18. The molecule has 0 saturated carbocycles. The van der Waals surface area contributed by atoms with Gasteiger partial charge >= 0.3 is 0 Å². The molecule has 0 fully saturated rings. The van der Waals surface area contributed by atoms with E-state index in [2.05, 4.69) is 21.2 Å². The van der Waals surface area contributed by atoms with Gasteiger partial charge in [-0.1, -0.05) is 22.0 Å². The van der Waals surface area contributed by atoms with Crippen molar-refractivity contribution in [3.8, 4) is 0 Å². The highest BCUT2D eigenvalue weighted by Gasteiger charge is 2.14. The molecule has 0 bridgehead atoms. The van der Waals surface area contributed by atoms with Crippen molar-refractivity contribution in [3.05, 3.63) is 63.1 Å². The van der Waals surface area contributed by atoms with Gasteiger partial charge in [-0.2, -0.15) is 0 Å². The summed E-state index contributed by atoms with van der Waals surface area (Å²) in [5.74, 6) is -0.782. The zero-order valence-electron chi connectivity index (χ0n) is 11.6. The first-order valence-corrected chi connectivity index (χ1v) is 7.16. The highest BCUT2D eigenvalue weighted by Crippen LogP contribution is 2.26. The molecule has 4 heteroatoms. The maximum atomic E-state index is 13.9. The first-order chi connectivity index (χ1) is 9.38. The van der Waals surface area contributed by atoms with Crippen molar-refractivity contribution < 1.29 is 8.78 Å². The fourth-order valence-electron chi connectivity index (χ4n) is 2.00. The third-order valence-electron chi connectivity index (χ3n) is 3.30. The average Bonchev–Trinajstić information content (AvgIpc) is 2.38. The van der Waals surface area contributed by atoms with Gasteiger partial charge in [-0.15, -0.1) is 0 Å². The van der Waals surface area contributed by atoms with Gasteiger partial charge < -0.3 is 5.32 Å². The quantitative estimate of drug-likeness (QED) is 0.776. The molecular formula is C16H16BrF2N. The van der Waals surface area contributed by atoms with Crippen LogP contribution in [0.25, 0.3) is 0 Å². The van der Waals surface area contributed by atoms with Crippen molar-refractivity contribution in [2.75, 3.05) is 5.32 Å². The zero-order chi connectivity index (χ0) is 14.9. The Bertz CT molecular complexity index is 641. The minimum absolute atomic E-state index is 0.316. The molecule has 1 unspecified atom stereocenters. The summed E-state index contributed by atoms with van der Waals surface area (Å²) in [4.78, 5) is 0. The Morgan fingerprint density at radius 1 is 1.00 bits per heavy atom. The average molecular weight is 340 g/mol. The Labute approximate surface area is 126 Å². The van der Waals surface area contributed by atoms with Crippen LogP contribution in [0.4, 0.5) is 14.5 Å². The number of nitrogens with one attached hydrogen (secondary N) is 1. The lowest BCUT2D eigenvalue weighted by Crippen LogP contribution is -2.09.